The molecule has 0 saturated heterocycles. The van der Waals surface area contributed by atoms with Crippen LogP contribution in [0.15, 0.2) is 59.7 Å². The summed E-state index contributed by atoms with van der Waals surface area (Å²) >= 11 is 0. The summed E-state index contributed by atoms with van der Waals surface area (Å²) in [7, 11) is 0. The van der Waals surface area contributed by atoms with Gasteiger partial charge in [0.2, 0.25) is 0 Å². The molecule has 200 valence electrons. The van der Waals surface area contributed by atoms with Crippen molar-refractivity contribution in [3.63, 3.8) is 0 Å². The molecule has 1 unspecified atom stereocenters. The highest BCUT2D eigenvalue weighted by Gasteiger charge is 2.47. The molecule has 2 aliphatic rings. The van der Waals surface area contributed by atoms with Crippen molar-refractivity contribution in [1.29, 1.82) is 0 Å². The van der Waals surface area contributed by atoms with Gasteiger partial charge in [-0.25, -0.2) is 4.98 Å². The third-order valence-electron chi connectivity index (χ3n) is 7.46. The molecule has 3 N–H and O–H groups in total. The number of hydrogen-bond donors (Lipinski definition) is 3. The van der Waals surface area contributed by atoms with Crippen LogP contribution in [0.2, 0.25) is 0 Å². The number of ether oxygens (including phenoxy) is 1. The van der Waals surface area contributed by atoms with E-state index in [1.807, 2.05) is 31.2 Å². The summed E-state index contributed by atoms with van der Waals surface area (Å²) in [4.78, 5) is 30.7. The van der Waals surface area contributed by atoms with E-state index in [1.165, 1.54) is 0 Å². The smallest absolute Gasteiger partial charge is 0.297 e. The van der Waals surface area contributed by atoms with Crippen molar-refractivity contribution >= 4 is 11.7 Å². The van der Waals surface area contributed by atoms with Crippen LogP contribution in [0.5, 0.6) is 5.75 Å². The van der Waals surface area contributed by atoms with E-state index in [0.717, 1.165) is 55.5 Å². The Kier molecular flexibility index (Phi) is 7.51. The first-order chi connectivity index (χ1) is 18.4. The fourth-order valence-corrected chi connectivity index (χ4v) is 4.61. The molecule has 0 spiro atoms. The Morgan fingerprint density at radius 1 is 1.21 bits per heavy atom. The summed E-state index contributed by atoms with van der Waals surface area (Å²) in [5.41, 5.74) is 2.51. The molecule has 2 aliphatic carbocycles. The average molecular weight is 516 g/mol. The number of para-hydroxylation sites is 1. The Morgan fingerprint density at radius 2 is 2.00 bits per heavy atom. The Labute approximate surface area is 223 Å². The van der Waals surface area contributed by atoms with Crippen molar-refractivity contribution < 1.29 is 9.53 Å². The van der Waals surface area contributed by atoms with E-state index in [2.05, 4.69) is 40.8 Å². The molecule has 0 radical (unpaired) electrons. The van der Waals surface area contributed by atoms with Crippen LogP contribution in [0.25, 0.3) is 5.69 Å². The number of carbonyl (C=O) groups excluding carboxylic acids is 1. The number of aromatic nitrogens is 2. The lowest BCUT2D eigenvalue weighted by molar-refractivity contribution is 0.0951. The van der Waals surface area contributed by atoms with Crippen LogP contribution >= 0.6 is 0 Å². The monoisotopic (exact) mass is 515 g/mol. The van der Waals surface area contributed by atoms with Crippen LogP contribution in [-0.4, -0.2) is 40.7 Å². The number of nitrogens with zero attached hydrogens (tertiary/aromatic N) is 2. The minimum atomic E-state index is -0.396. The SMILES string of the molecule is CCC(C)NCCOc1ccccc1C1(Nc2nccn(-c3cc(C(=O)NC4CC4)ccc3C)c2=O)CC1. The Hall–Kier alpha value is -3.65. The molecule has 5 rings (SSSR count). The van der Waals surface area contributed by atoms with Gasteiger partial charge in [0, 0.05) is 42.1 Å². The first kappa shape index (κ1) is 26.0. The highest BCUT2D eigenvalue weighted by atomic mass is 16.5. The van der Waals surface area contributed by atoms with Gasteiger partial charge in [0.05, 0.1) is 11.2 Å². The summed E-state index contributed by atoms with van der Waals surface area (Å²) in [6.07, 6.45) is 8.15. The number of nitrogens with one attached hydrogen (secondary N) is 3. The summed E-state index contributed by atoms with van der Waals surface area (Å²) in [6, 6.07) is 14.2. The van der Waals surface area contributed by atoms with Crippen molar-refractivity contribution in [2.24, 2.45) is 0 Å². The quantitative estimate of drug-likeness (QED) is 0.311. The number of anilines is 1. The summed E-state index contributed by atoms with van der Waals surface area (Å²) in [5.74, 6) is 0.998. The number of rotatable bonds is 12. The van der Waals surface area contributed by atoms with Crippen molar-refractivity contribution in [3.05, 3.63) is 81.9 Å². The van der Waals surface area contributed by atoms with Gasteiger partial charge >= 0.3 is 0 Å². The maximum atomic E-state index is 13.6. The molecule has 0 bridgehead atoms. The number of hydrogen-bond acceptors (Lipinski definition) is 6. The second-order valence-corrected chi connectivity index (χ2v) is 10.5. The first-order valence-corrected chi connectivity index (χ1v) is 13.6. The van der Waals surface area contributed by atoms with E-state index >= 15 is 0 Å². The van der Waals surface area contributed by atoms with Gasteiger partial charge in [-0.15, -0.1) is 0 Å². The first-order valence-electron chi connectivity index (χ1n) is 13.6. The van der Waals surface area contributed by atoms with Gasteiger partial charge in [0.25, 0.3) is 11.5 Å². The van der Waals surface area contributed by atoms with E-state index in [-0.39, 0.29) is 23.3 Å². The third-order valence-corrected chi connectivity index (χ3v) is 7.46. The molecule has 1 heterocycles. The lowest BCUT2D eigenvalue weighted by Crippen LogP contribution is -2.31. The Balaban J connectivity index is 1.37. The van der Waals surface area contributed by atoms with E-state index in [9.17, 15) is 9.59 Å². The van der Waals surface area contributed by atoms with Crippen molar-refractivity contribution in [1.82, 2.24) is 20.2 Å². The number of benzene rings is 2. The summed E-state index contributed by atoms with van der Waals surface area (Å²) in [6.45, 7) is 7.59. The molecule has 0 aliphatic heterocycles. The number of amides is 1. The van der Waals surface area contributed by atoms with Crippen molar-refractivity contribution in [2.75, 3.05) is 18.5 Å². The second kappa shape index (κ2) is 11.0. The fraction of sp³-hybridized carbons (Fsp3) is 0.433. The van der Waals surface area contributed by atoms with Crippen LogP contribution in [0.3, 0.4) is 0 Å². The van der Waals surface area contributed by atoms with E-state index in [4.69, 9.17) is 4.74 Å². The lowest BCUT2D eigenvalue weighted by Gasteiger charge is -2.22. The normalized spacial score (nSPS) is 16.5. The maximum Gasteiger partial charge on any atom is 0.297 e. The predicted octanol–water partition coefficient (Wildman–Crippen LogP) is 4.30. The van der Waals surface area contributed by atoms with Gasteiger partial charge in [-0.1, -0.05) is 31.2 Å². The molecule has 3 aromatic rings. The topological polar surface area (TPSA) is 97.3 Å². The lowest BCUT2D eigenvalue weighted by atomic mass is 10.0. The van der Waals surface area contributed by atoms with E-state index < -0.39 is 5.54 Å². The van der Waals surface area contributed by atoms with Gasteiger partial charge < -0.3 is 20.7 Å². The molecular formula is C30H37N5O3. The standard InChI is InChI=1S/C30H37N5O3/c1-4-21(3)31-16-18-38-26-8-6-5-7-24(26)30(13-14-30)34-27-29(37)35(17-15-32-27)25-19-22(10-9-20(25)2)28(36)33-23-11-12-23/h5-10,15,17,19,21,23,31H,4,11-14,16,18H2,1-3H3,(H,32,34)(H,33,36). The zero-order valence-corrected chi connectivity index (χ0v) is 22.4. The van der Waals surface area contributed by atoms with E-state index in [1.54, 1.807) is 29.1 Å². The van der Waals surface area contributed by atoms with Crippen LogP contribution in [0.1, 0.15) is 67.4 Å². The molecule has 1 atom stereocenters. The predicted molar refractivity (Wildman–Crippen MR) is 149 cm³/mol. The molecule has 2 saturated carbocycles. The van der Waals surface area contributed by atoms with Gasteiger partial charge in [0.1, 0.15) is 12.4 Å². The third kappa shape index (κ3) is 5.75. The van der Waals surface area contributed by atoms with Crippen molar-refractivity contribution in [2.45, 2.75) is 70.5 Å². The minimum absolute atomic E-state index is 0.109. The molecule has 8 heteroatoms. The molecule has 38 heavy (non-hydrogen) atoms. The maximum absolute atomic E-state index is 13.6. The molecule has 1 aromatic heterocycles. The second-order valence-electron chi connectivity index (χ2n) is 10.5. The largest absolute Gasteiger partial charge is 0.492 e. The highest BCUT2D eigenvalue weighted by Crippen LogP contribution is 2.50. The molecule has 8 nitrogen and oxygen atoms in total. The van der Waals surface area contributed by atoms with Crippen LogP contribution in [0.4, 0.5) is 5.82 Å². The Bertz CT molecular complexity index is 1360. The fourth-order valence-electron chi connectivity index (χ4n) is 4.61. The highest BCUT2D eigenvalue weighted by molar-refractivity contribution is 5.95. The van der Waals surface area contributed by atoms with Crippen molar-refractivity contribution in [3.8, 4) is 11.4 Å². The van der Waals surface area contributed by atoms with Crippen LogP contribution in [0, 0.1) is 6.92 Å². The van der Waals surface area contributed by atoms with Gasteiger partial charge in [-0.05, 0) is 69.7 Å². The molecule has 2 fully saturated rings. The van der Waals surface area contributed by atoms with Crippen LogP contribution < -0.4 is 26.2 Å². The zero-order valence-electron chi connectivity index (χ0n) is 22.4. The van der Waals surface area contributed by atoms with Crippen LogP contribution in [-0.2, 0) is 5.54 Å². The van der Waals surface area contributed by atoms with Gasteiger partial charge in [0.15, 0.2) is 5.82 Å². The molecule has 2 aromatic carbocycles. The zero-order chi connectivity index (χ0) is 26.7. The minimum Gasteiger partial charge on any atom is -0.492 e. The summed E-state index contributed by atoms with van der Waals surface area (Å²) in [5, 5.41) is 9.92. The molecular weight excluding hydrogens is 478 g/mol. The number of aryl methyl sites for hydroxylation is 1. The van der Waals surface area contributed by atoms with Gasteiger partial charge in [-0.3, -0.25) is 14.2 Å². The van der Waals surface area contributed by atoms with E-state index in [0.29, 0.717) is 23.9 Å². The molecule has 1 amide bonds. The average Bonchev–Trinajstić information content (AvgIpc) is 3.86. The summed E-state index contributed by atoms with van der Waals surface area (Å²) < 4.78 is 7.73. The Morgan fingerprint density at radius 3 is 2.74 bits per heavy atom. The number of carbonyl (C=O) groups is 1. The van der Waals surface area contributed by atoms with Gasteiger partial charge in [-0.2, -0.15) is 0 Å².